The van der Waals surface area contributed by atoms with Gasteiger partial charge in [0.05, 0.1) is 5.56 Å². The molecule has 0 spiro atoms. The molecule has 1 unspecified atom stereocenters. The normalized spacial score (nSPS) is 12.8. The van der Waals surface area contributed by atoms with Gasteiger partial charge in [-0.2, -0.15) is 13.2 Å². The van der Waals surface area contributed by atoms with Crippen molar-refractivity contribution >= 4 is 11.9 Å². The fraction of sp³-hybridized carbons (Fsp3) is 0.385. The summed E-state index contributed by atoms with van der Waals surface area (Å²) in [5.74, 6) is -1.88. The number of carbonyl (C=O) groups excluding carboxylic acids is 1. The number of hydrogen-bond donors (Lipinski definition) is 2. The highest BCUT2D eigenvalue weighted by Gasteiger charge is 2.30. The van der Waals surface area contributed by atoms with Gasteiger partial charge >= 0.3 is 12.1 Å². The van der Waals surface area contributed by atoms with E-state index in [0.717, 1.165) is 24.3 Å². The minimum atomic E-state index is -4.47. The topological polar surface area (TPSA) is 66.4 Å². The lowest BCUT2D eigenvalue weighted by molar-refractivity contribution is -0.139. The summed E-state index contributed by atoms with van der Waals surface area (Å²) in [5.41, 5.74) is -0.877. The lowest BCUT2D eigenvalue weighted by atomic mass is 10.1. The minimum Gasteiger partial charge on any atom is -0.480 e. The Bertz CT molecular complexity index is 483. The number of halogens is 3. The summed E-state index contributed by atoms with van der Waals surface area (Å²) in [4.78, 5) is 22.6. The zero-order chi connectivity index (χ0) is 15.3. The van der Waals surface area contributed by atoms with E-state index >= 15 is 0 Å². The van der Waals surface area contributed by atoms with Crippen molar-refractivity contribution in [3.8, 4) is 0 Å². The number of alkyl halides is 3. The average Bonchev–Trinajstić information content (AvgIpc) is 2.37. The molecule has 7 heteroatoms. The van der Waals surface area contributed by atoms with Crippen LogP contribution in [-0.4, -0.2) is 23.0 Å². The second kappa shape index (κ2) is 6.40. The fourth-order valence-corrected chi connectivity index (χ4v) is 1.60. The number of hydrogen-bond acceptors (Lipinski definition) is 2. The van der Waals surface area contributed by atoms with Gasteiger partial charge in [-0.1, -0.05) is 13.3 Å². The van der Waals surface area contributed by atoms with E-state index in [1.807, 2.05) is 0 Å². The Balaban J connectivity index is 2.80. The van der Waals surface area contributed by atoms with Crippen LogP contribution in [0, 0.1) is 0 Å². The van der Waals surface area contributed by atoms with Gasteiger partial charge < -0.3 is 10.4 Å². The number of amides is 1. The summed E-state index contributed by atoms with van der Waals surface area (Å²) in [5, 5.41) is 11.2. The van der Waals surface area contributed by atoms with Crippen molar-refractivity contribution in [2.45, 2.75) is 32.0 Å². The van der Waals surface area contributed by atoms with Crippen molar-refractivity contribution in [1.82, 2.24) is 5.32 Å². The molecule has 20 heavy (non-hydrogen) atoms. The first kappa shape index (κ1) is 16.0. The van der Waals surface area contributed by atoms with Crippen molar-refractivity contribution < 1.29 is 27.9 Å². The van der Waals surface area contributed by atoms with Crippen molar-refractivity contribution in [3.05, 3.63) is 35.4 Å². The van der Waals surface area contributed by atoms with Gasteiger partial charge in [0.1, 0.15) is 6.04 Å². The van der Waals surface area contributed by atoms with Gasteiger partial charge in [-0.15, -0.1) is 0 Å². The summed E-state index contributed by atoms with van der Waals surface area (Å²) < 4.78 is 37.1. The molecule has 0 saturated heterocycles. The van der Waals surface area contributed by atoms with Crippen LogP contribution < -0.4 is 5.32 Å². The molecule has 4 nitrogen and oxygen atoms in total. The number of nitrogens with one attached hydrogen (secondary N) is 1. The molecule has 1 rings (SSSR count). The summed E-state index contributed by atoms with van der Waals surface area (Å²) >= 11 is 0. The number of carboxylic acids is 1. The largest absolute Gasteiger partial charge is 0.480 e. The van der Waals surface area contributed by atoms with Crippen molar-refractivity contribution in [1.29, 1.82) is 0 Å². The molecular formula is C13H14F3NO3. The van der Waals surface area contributed by atoms with Gasteiger partial charge in [0.25, 0.3) is 5.91 Å². The highest BCUT2D eigenvalue weighted by Crippen LogP contribution is 2.29. The van der Waals surface area contributed by atoms with E-state index in [-0.39, 0.29) is 12.0 Å². The maximum Gasteiger partial charge on any atom is 0.416 e. The molecule has 1 amide bonds. The molecule has 0 fully saturated rings. The number of rotatable bonds is 5. The average molecular weight is 289 g/mol. The molecule has 1 aromatic carbocycles. The first-order valence-electron chi connectivity index (χ1n) is 5.96. The SMILES string of the molecule is CCCC(NC(=O)c1ccc(C(F)(F)F)cc1)C(=O)O. The van der Waals surface area contributed by atoms with Crippen LogP contribution in [-0.2, 0) is 11.0 Å². The third-order valence-corrected chi connectivity index (χ3v) is 2.66. The van der Waals surface area contributed by atoms with Gasteiger partial charge in [0.2, 0.25) is 0 Å². The zero-order valence-electron chi connectivity index (χ0n) is 10.7. The molecule has 0 saturated carbocycles. The Morgan fingerprint density at radius 1 is 1.25 bits per heavy atom. The van der Waals surface area contributed by atoms with Gasteiger partial charge in [-0.3, -0.25) is 4.79 Å². The van der Waals surface area contributed by atoms with Crippen LogP contribution in [0.15, 0.2) is 24.3 Å². The quantitative estimate of drug-likeness (QED) is 0.875. The third kappa shape index (κ3) is 4.25. The first-order valence-corrected chi connectivity index (χ1v) is 5.96. The second-order valence-electron chi connectivity index (χ2n) is 4.23. The van der Waals surface area contributed by atoms with Gasteiger partial charge in [-0.05, 0) is 30.7 Å². The molecule has 0 heterocycles. The van der Waals surface area contributed by atoms with Gasteiger partial charge in [-0.25, -0.2) is 4.79 Å². The van der Waals surface area contributed by atoms with Crippen LogP contribution in [0.25, 0.3) is 0 Å². The number of carbonyl (C=O) groups is 2. The van der Waals surface area contributed by atoms with E-state index in [2.05, 4.69) is 5.32 Å². The molecule has 0 radical (unpaired) electrons. The van der Waals surface area contributed by atoms with Crippen LogP contribution in [0.5, 0.6) is 0 Å². The van der Waals surface area contributed by atoms with Crippen molar-refractivity contribution in [3.63, 3.8) is 0 Å². The van der Waals surface area contributed by atoms with Gasteiger partial charge in [0.15, 0.2) is 0 Å². The predicted molar refractivity (Wildman–Crippen MR) is 65.2 cm³/mol. The monoisotopic (exact) mass is 289 g/mol. The lowest BCUT2D eigenvalue weighted by Gasteiger charge is -2.14. The van der Waals surface area contributed by atoms with Crippen LogP contribution >= 0.6 is 0 Å². The van der Waals surface area contributed by atoms with Crippen molar-refractivity contribution in [2.75, 3.05) is 0 Å². The Labute approximate surface area is 113 Å². The second-order valence-corrected chi connectivity index (χ2v) is 4.23. The molecule has 0 aliphatic heterocycles. The lowest BCUT2D eigenvalue weighted by Crippen LogP contribution is -2.40. The van der Waals surface area contributed by atoms with E-state index in [0.29, 0.717) is 6.42 Å². The zero-order valence-corrected chi connectivity index (χ0v) is 10.7. The fourth-order valence-electron chi connectivity index (χ4n) is 1.60. The standard InChI is InChI=1S/C13H14F3NO3/c1-2-3-10(12(19)20)17-11(18)8-4-6-9(7-5-8)13(14,15)16/h4-7,10H,2-3H2,1H3,(H,17,18)(H,19,20). The van der Waals surface area contributed by atoms with E-state index in [1.54, 1.807) is 6.92 Å². The molecule has 110 valence electrons. The molecule has 0 bridgehead atoms. The number of aliphatic carboxylic acids is 1. The highest BCUT2D eigenvalue weighted by atomic mass is 19.4. The minimum absolute atomic E-state index is 0.0136. The predicted octanol–water partition coefficient (Wildman–Crippen LogP) is 2.69. The summed E-state index contributed by atoms with van der Waals surface area (Å²) in [7, 11) is 0. The van der Waals surface area contributed by atoms with Crippen molar-refractivity contribution in [2.24, 2.45) is 0 Å². The molecule has 0 aliphatic rings. The van der Waals surface area contributed by atoms with Gasteiger partial charge in [0, 0.05) is 5.56 Å². The molecular weight excluding hydrogens is 275 g/mol. The van der Waals surface area contributed by atoms with E-state index in [9.17, 15) is 22.8 Å². The first-order chi connectivity index (χ1) is 9.25. The molecule has 0 aromatic heterocycles. The Morgan fingerprint density at radius 2 is 1.80 bits per heavy atom. The van der Waals surface area contributed by atoms with Crippen LogP contribution in [0.2, 0.25) is 0 Å². The highest BCUT2D eigenvalue weighted by molar-refractivity contribution is 5.96. The third-order valence-electron chi connectivity index (χ3n) is 2.66. The van der Waals surface area contributed by atoms with Crippen LogP contribution in [0.1, 0.15) is 35.7 Å². The maximum atomic E-state index is 12.4. The summed E-state index contributed by atoms with van der Waals surface area (Å²) in [6, 6.07) is 2.55. The van der Waals surface area contributed by atoms with E-state index < -0.39 is 29.7 Å². The molecule has 2 N–H and O–H groups in total. The molecule has 1 aromatic rings. The number of benzene rings is 1. The molecule has 0 aliphatic carbocycles. The molecule has 1 atom stereocenters. The smallest absolute Gasteiger partial charge is 0.416 e. The Morgan fingerprint density at radius 3 is 2.20 bits per heavy atom. The maximum absolute atomic E-state index is 12.4. The van der Waals surface area contributed by atoms with E-state index in [4.69, 9.17) is 5.11 Å². The summed E-state index contributed by atoms with van der Waals surface area (Å²) in [6.45, 7) is 1.76. The van der Waals surface area contributed by atoms with Crippen LogP contribution in [0.3, 0.4) is 0 Å². The Kier molecular flexibility index (Phi) is 5.12. The number of carboxylic acid groups (broad SMARTS) is 1. The summed E-state index contributed by atoms with van der Waals surface area (Å²) in [6.07, 6.45) is -3.66. The Hall–Kier alpha value is -2.05. The van der Waals surface area contributed by atoms with Crippen LogP contribution in [0.4, 0.5) is 13.2 Å². The van der Waals surface area contributed by atoms with E-state index in [1.165, 1.54) is 0 Å².